The molecule has 0 heterocycles. The van der Waals surface area contributed by atoms with Crippen molar-refractivity contribution in [1.29, 1.82) is 0 Å². The summed E-state index contributed by atoms with van der Waals surface area (Å²) >= 11 is 0. The maximum atomic E-state index is 2.51. The molecule has 0 saturated heterocycles. The van der Waals surface area contributed by atoms with E-state index in [0.29, 0.717) is 0 Å². The standard InChI is InChI=1S/C19H40/c1-10-18(11-2)19(12-3)17(9)16(8)15(7)14(6)13(4)5/h13-19H,10-12H2,1-9H3. The smallest absolute Gasteiger partial charge is 0.0360 e. The molecule has 0 amide bonds. The van der Waals surface area contributed by atoms with Crippen molar-refractivity contribution < 1.29 is 0 Å². The first kappa shape index (κ1) is 19.0. The van der Waals surface area contributed by atoms with E-state index in [4.69, 9.17) is 0 Å². The highest BCUT2D eigenvalue weighted by Gasteiger charge is 2.31. The van der Waals surface area contributed by atoms with Gasteiger partial charge in [0.05, 0.1) is 0 Å². The zero-order chi connectivity index (χ0) is 15.2. The minimum Gasteiger partial charge on any atom is -0.0651 e. The van der Waals surface area contributed by atoms with Crippen LogP contribution in [0.15, 0.2) is 0 Å². The van der Waals surface area contributed by atoms with Crippen molar-refractivity contribution in [2.45, 2.75) is 81.6 Å². The van der Waals surface area contributed by atoms with Crippen molar-refractivity contribution in [3.63, 3.8) is 0 Å². The van der Waals surface area contributed by atoms with Gasteiger partial charge in [-0.1, -0.05) is 81.6 Å². The van der Waals surface area contributed by atoms with Gasteiger partial charge in [0.15, 0.2) is 0 Å². The summed E-state index contributed by atoms with van der Waals surface area (Å²) in [5.74, 6) is 5.98. The third-order valence-corrected chi connectivity index (χ3v) is 6.34. The Hall–Kier alpha value is 0. The Bertz CT molecular complexity index is 214. The van der Waals surface area contributed by atoms with Crippen LogP contribution in [-0.4, -0.2) is 0 Å². The lowest BCUT2D eigenvalue weighted by molar-refractivity contribution is 0.103. The van der Waals surface area contributed by atoms with Crippen molar-refractivity contribution in [3.05, 3.63) is 0 Å². The van der Waals surface area contributed by atoms with Crippen LogP contribution < -0.4 is 0 Å². The molecule has 0 aliphatic heterocycles. The van der Waals surface area contributed by atoms with E-state index in [-0.39, 0.29) is 0 Å². The Kier molecular flexibility index (Phi) is 9.03. The summed E-state index contributed by atoms with van der Waals surface area (Å²) < 4.78 is 0. The van der Waals surface area contributed by atoms with Gasteiger partial charge >= 0.3 is 0 Å². The van der Waals surface area contributed by atoms with Gasteiger partial charge in [0.2, 0.25) is 0 Å². The first-order valence-corrected chi connectivity index (χ1v) is 8.81. The van der Waals surface area contributed by atoms with E-state index in [1.54, 1.807) is 0 Å². The molecule has 0 rings (SSSR count). The Morgan fingerprint density at radius 2 is 0.947 bits per heavy atom. The zero-order valence-corrected chi connectivity index (χ0v) is 15.2. The minimum absolute atomic E-state index is 0.804. The first-order chi connectivity index (χ1) is 8.81. The molecular weight excluding hydrogens is 228 g/mol. The predicted octanol–water partition coefficient (Wildman–Crippen LogP) is 6.65. The molecule has 0 aliphatic carbocycles. The number of hydrogen-bond donors (Lipinski definition) is 0. The third-order valence-electron chi connectivity index (χ3n) is 6.34. The second-order valence-corrected chi connectivity index (χ2v) is 7.33. The molecule has 5 unspecified atom stereocenters. The molecule has 0 aromatic carbocycles. The van der Waals surface area contributed by atoms with Crippen LogP contribution in [0.2, 0.25) is 0 Å². The largest absolute Gasteiger partial charge is 0.0651 e. The van der Waals surface area contributed by atoms with Gasteiger partial charge in [-0.25, -0.2) is 0 Å². The quantitative estimate of drug-likeness (QED) is 0.439. The molecular formula is C19H40. The molecule has 0 aromatic rings. The van der Waals surface area contributed by atoms with Crippen molar-refractivity contribution >= 4 is 0 Å². The highest BCUT2D eigenvalue weighted by molar-refractivity contribution is 4.81. The number of rotatable bonds is 9. The molecule has 19 heavy (non-hydrogen) atoms. The lowest BCUT2D eigenvalue weighted by atomic mass is 9.67. The van der Waals surface area contributed by atoms with E-state index in [9.17, 15) is 0 Å². The topological polar surface area (TPSA) is 0 Å². The van der Waals surface area contributed by atoms with Crippen LogP contribution in [0.25, 0.3) is 0 Å². The number of hydrogen-bond acceptors (Lipinski definition) is 0. The van der Waals surface area contributed by atoms with E-state index < -0.39 is 0 Å². The Labute approximate surface area is 123 Å². The molecule has 0 fully saturated rings. The Morgan fingerprint density at radius 3 is 1.26 bits per heavy atom. The lowest BCUT2D eigenvalue weighted by Crippen LogP contribution is -2.32. The monoisotopic (exact) mass is 268 g/mol. The second-order valence-electron chi connectivity index (χ2n) is 7.33. The summed E-state index contributed by atoms with van der Waals surface area (Å²) in [4.78, 5) is 0. The molecule has 0 heteroatoms. The summed E-state index contributed by atoms with van der Waals surface area (Å²) in [6, 6.07) is 0. The highest BCUT2D eigenvalue weighted by atomic mass is 14.4. The SMILES string of the molecule is CCC(CC)C(CC)C(C)C(C)C(C)C(C)C(C)C. The highest BCUT2D eigenvalue weighted by Crippen LogP contribution is 2.39. The molecule has 0 saturated carbocycles. The molecule has 0 spiro atoms. The van der Waals surface area contributed by atoms with Crippen LogP contribution in [0.1, 0.15) is 81.6 Å². The third kappa shape index (κ3) is 5.12. The summed E-state index contributed by atoms with van der Waals surface area (Å²) in [5.41, 5.74) is 0. The summed E-state index contributed by atoms with van der Waals surface area (Å²) in [6.45, 7) is 21.8. The van der Waals surface area contributed by atoms with Gasteiger partial charge in [-0.3, -0.25) is 0 Å². The van der Waals surface area contributed by atoms with Gasteiger partial charge in [0, 0.05) is 0 Å². The van der Waals surface area contributed by atoms with E-state index in [0.717, 1.165) is 41.4 Å². The summed E-state index contributed by atoms with van der Waals surface area (Å²) in [6.07, 6.45) is 4.04. The van der Waals surface area contributed by atoms with Crippen LogP contribution in [0, 0.1) is 41.4 Å². The fourth-order valence-corrected chi connectivity index (χ4v) is 3.98. The molecule has 5 atom stereocenters. The van der Waals surface area contributed by atoms with Crippen LogP contribution in [0.5, 0.6) is 0 Å². The van der Waals surface area contributed by atoms with E-state index in [1.165, 1.54) is 19.3 Å². The van der Waals surface area contributed by atoms with Crippen LogP contribution >= 0.6 is 0 Å². The van der Waals surface area contributed by atoms with E-state index >= 15 is 0 Å². The fraction of sp³-hybridized carbons (Fsp3) is 1.00. The lowest BCUT2D eigenvalue weighted by Gasteiger charge is -2.39. The maximum absolute atomic E-state index is 2.51. The molecule has 116 valence electrons. The fourth-order valence-electron chi connectivity index (χ4n) is 3.98. The van der Waals surface area contributed by atoms with Gasteiger partial charge in [-0.2, -0.15) is 0 Å². The normalized spacial score (nSPS) is 20.4. The van der Waals surface area contributed by atoms with Crippen LogP contribution in [-0.2, 0) is 0 Å². The van der Waals surface area contributed by atoms with E-state index in [2.05, 4.69) is 62.3 Å². The van der Waals surface area contributed by atoms with Gasteiger partial charge in [0.25, 0.3) is 0 Å². The average Bonchev–Trinajstić information content (AvgIpc) is 2.41. The molecule has 0 N–H and O–H groups in total. The van der Waals surface area contributed by atoms with Gasteiger partial charge in [0.1, 0.15) is 0 Å². The van der Waals surface area contributed by atoms with E-state index in [1.807, 2.05) is 0 Å². The van der Waals surface area contributed by atoms with Gasteiger partial charge < -0.3 is 0 Å². The summed E-state index contributed by atoms with van der Waals surface area (Å²) in [7, 11) is 0. The van der Waals surface area contributed by atoms with Crippen LogP contribution in [0.3, 0.4) is 0 Å². The second kappa shape index (κ2) is 9.03. The van der Waals surface area contributed by atoms with Crippen LogP contribution in [0.4, 0.5) is 0 Å². The summed E-state index contributed by atoms with van der Waals surface area (Å²) in [5, 5.41) is 0. The molecule has 0 aromatic heterocycles. The van der Waals surface area contributed by atoms with Gasteiger partial charge in [-0.05, 0) is 41.4 Å². The average molecular weight is 269 g/mol. The minimum atomic E-state index is 0.804. The van der Waals surface area contributed by atoms with Crippen molar-refractivity contribution in [2.24, 2.45) is 41.4 Å². The first-order valence-electron chi connectivity index (χ1n) is 8.81. The van der Waals surface area contributed by atoms with Crippen molar-refractivity contribution in [3.8, 4) is 0 Å². The molecule has 0 nitrogen and oxygen atoms in total. The zero-order valence-electron chi connectivity index (χ0n) is 15.2. The Balaban J connectivity index is 4.80. The van der Waals surface area contributed by atoms with Crippen molar-refractivity contribution in [1.82, 2.24) is 0 Å². The predicted molar refractivity (Wildman–Crippen MR) is 89.3 cm³/mol. The Morgan fingerprint density at radius 1 is 0.526 bits per heavy atom. The molecule has 0 radical (unpaired) electrons. The van der Waals surface area contributed by atoms with Gasteiger partial charge in [-0.15, -0.1) is 0 Å². The molecule has 0 aliphatic rings. The maximum Gasteiger partial charge on any atom is -0.0360 e. The van der Waals surface area contributed by atoms with Crippen molar-refractivity contribution in [2.75, 3.05) is 0 Å². The molecule has 0 bridgehead atoms.